The predicted molar refractivity (Wildman–Crippen MR) is 62.4 cm³/mol. The van der Waals surface area contributed by atoms with Crippen molar-refractivity contribution in [3.05, 3.63) is 0 Å². The lowest BCUT2D eigenvalue weighted by molar-refractivity contribution is -0.148. The van der Waals surface area contributed by atoms with E-state index in [9.17, 15) is 9.59 Å². The highest BCUT2D eigenvalue weighted by Crippen LogP contribution is 2.07. The third-order valence-electron chi connectivity index (χ3n) is 2.59. The number of amides is 1. The van der Waals surface area contributed by atoms with Crippen LogP contribution in [0.2, 0.25) is 0 Å². The van der Waals surface area contributed by atoms with Crippen molar-refractivity contribution in [1.82, 2.24) is 5.32 Å². The van der Waals surface area contributed by atoms with E-state index in [1.165, 1.54) is 0 Å². The first-order chi connectivity index (χ1) is 8.09. The van der Waals surface area contributed by atoms with E-state index < -0.39 is 6.04 Å². The molecule has 1 atom stereocenters. The van der Waals surface area contributed by atoms with Gasteiger partial charge in [-0.2, -0.15) is 0 Å². The van der Waals surface area contributed by atoms with Gasteiger partial charge in [0.15, 0.2) is 0 Å². The van der Waals surface area contributed by atoms with E-state index in [0.717, 1.165) is 6.42 Å². The molecule has 0 aromatic rings. The fourth-order valence-corrected chi connectivity index (χ4v) is 1.51. The third-order valence-corrected chi connectivity index (χ3v) is 2.59. The SMILES string of the molecule is CC(C)CCOCCOC(=O)[C@H]1CCC(=O)N1. The Kier molecular flexibility index (Phi) is 5.97. The first kappa shape index (κ1) is 14.0. The normalized spacial score (nSPS) is 19.5. The Morgan fingerprint density at radius 2 is 2.18 bits per heavy atom. The first-order valence-corrected chi connectivity index (χ1v) is 6.13. The zero-order valence-electron chi connectivity index (χ0n) is 10.5. The smallest absolute Gasteiger partial charge is 0.328 e. The molecular weight excluding hydrogens is 222 g/mol. The highest BCUT2D eigenvalue weighted by Gasteiger charge is 2.28. The van der Waals surface area contributed by atoms with Crippen LogP contribution >= 0.6 is 0 Å². The van der Waals surface area contributed by atoms with Crippen molar-refractivity contribution in [1.29, 1.82) is 0 Å². The van der Waals surface area contributed by atoms with Crippen LogP contribution in [0.15, 0.2) is 0 Å². The van der Waals surface area contributed by atoms with Gasteiger partial charge in [0.2, 0.25) is 5.91 Å². The second-order valence-electron chi connectivity index (χ2n) is 4.62. The Morgan fingerprint density at radius 3 is 2.76 bits per heavy atom. The van der Waals surface area contributed by atoms with E-state index in [1.54, 1.807) is 0 Å². The fraction of sp³-hybridized carbons (Fsp3) is 0.833. The Bertz CT molecular complexity index is 265. The molecule has 1 heterocycles. The molecule has 0 radical (unpaired) electrons. The average molecular weight is 243 g/mol. The maximum absolute atomic E-state index is 11.4. The molecule has 1 amide bonds. The number of carbonyl (C=O) groups excluding carboxylic acids is 2. The van der Waals surface area contributed by atoms with Crippen LogP contribution in [0.3, 0.4) is 0 Å². The monoisotopic (exact) mass is 243 g/mol. The van der Waals surface area contributed by atoms with Crippen molar-refractivity contribution in [2.45, 2.75) is 39.2 Å². The van der Waals surface area contributed by atoms with Crippen molar-refractivity contribution in [2.24, 2.45) is 5.92 Å². The van der Waals surface area contributed by atoms with Crippen molar-refractivity contribution < 1.29 is 19.1 Å². The van der Waals surface area contributed by atoms with Crippen molar-refractivity contribution in [3.8, 4) is 0 Å². The minimum Gasteiger partial charge on any atom is -0.462 e. The van der Waals surface area contributed by atoms with E-state index in [4.69, 9.17) is 9.47 Å². The molecule has 0 unspecified atom stereocenters. The molecule has 98 valence electrons. The number of ether oxygens (including phenoxy) is 2. The number of nitrogens with one attached hydrogen (secondary N) is 1. The lowest BCUT2D eigenvalue weighted by Gasteiger charge is -2.10. The van der Waals surface area contributed by atoms with Gasteiger partial charge < -0.3 is 14.8 Å². The summed E-state index contributed by atoms with van der Waals surface area (Å²) < 4.78 is 10.3. The summed E-state index contributed by atoms with van der Waals surface area (Å²) in [6.07, 6.45) is 1.95. The number of hydrogen-bond acceptors (Lipinski definition) is 4. The molecule has 0 aromatic carbocycles. The van der Waals surface area contributed by atoms with Crippen LogP contribution in [0.25, 0.3) is 0 Å². The Morgan fingerprint density at radius 1 is 1.41 bits per heavy atom. The van der Waals surface area contributed by atoms with Gasteiger partial charge in [-0.15, -0.1) is 0 Å². The van der Waals surface area contributed by atoms with E-state index in [1.807, 2.05) is 0 Å². The van der Waals surface area contributed by atoms with Crippen LogP contribution in [0.5, 0.6) is 0 Å². The second-order valence-corrected chi connectivity index (χ2v) is 4.62. The molecule has 5 nitrogen and oxygen atoms in total. The molecule has 0 saturated carbocycles. The van der Waals surface area contributed by atoms with Gasteiger partial charge in [-0.05, 0) is 18.8 Å². The molecule has 0 aliphatic carbocycles. The minimum atomic E-state index is -0.460. The molecule has 17 heavy (non-hydrogen) atoms. The molecule has 1 aliphatic heterocycles. The second kappa shape index (κ2) is 7.27. The van der Waals surface area contributed by atoms with Crippen LogP contribution in [0, 0.1) is 5.92 Å². The van der Waals surface area contributed by atoms with Crippen LogP contribution in [-0.4, -0.2) is 37.7 Å². The van der Waals surface area contributed by atoms with Crippen molar-refractivity contribution >= 4 is 11.9 Å². The van der Waals surface area contributed by atoms with Crippen LogP contribution in [0.4, 0.5) is 0 Å². The van der Waals surface area contributed by atoms with Gasteiger partial charge >= 0.3 is 5.97 Å². The molecule has 1 rings (SSSR count). The van der Waals surface area contributed by atoms with E-state index >= 15 is 0 Å². The largest absolute Gasteiger partial charge is 0.462 e. The van der Waals surface area contributed by atoms with Gasteiger partial charge in [0.05, 0.1) is 6.61 Å². The molecule has 0 aromatic heterocycles. The zero-order chi connectivity index (χ0) is 12.7. The fourth-order valence-electron chi connectivity index (χ4n) is 1.51. The molecule has 0 bridgehead atoms. The van der Waals surface area contributed by atoms with Gasteiger partial charge in [-0.25, -0.2) is 4.79 Å². The molecule has 5 heteroatoms. The van der Waals surface area contributed by atoms with E-state index in [-0.39, 0.29) is 18.5 Å². The van der Waals surface area contributed by atoms with Crippen molar-refractivity contribution in [3.63, 3.8) is 0 Å². The molecule has 1 fully saturated rings. The van der Waals surface area contributed by atoms with E-state index in [2.05, 4.69) is 19.2 Å². The highest BCUT2D eigenvalue weighted by atomic mass is 16.6. The number of esters is 1. The summed E-state index contributed by atoms with van der Waals surface area (Å²) >= 11 is 0. The van der Waals surface area contributed by atoms with Gasteiger partial charge in [0.1, 0.15) is 12.6 Å². The minimum absolute atomic E-state index is 0.0832. The summed E-state index contributed by atoms with van der Waals surface area (Å²) in [6, 6.07) is -0.460. The standard InChI is InChI=1S/C12H21NO4/c1-9(2)5-6-16-7-8-17-12(15)10-3-4-11(14)13-10/h9-10H,3-8H2,1-2H3,(H,13,14)/t10-/m1/s1. The zero-order valence-corrected chi connectivity index (χ0v) is 10.5. The molecular formula is C12H21NO4. The lowest BCUT2D eigenvalue weighted by atomic mass is 10.1. The summed E-state index contributed by atoms with van der Waals surface area (Å²) in [7, 11) is 0. The highest BCUT2D eigenvalue weighted by molar-refractivity contribution is 5.87. The summed E-state index contributed by atoms with van der Waals surface area (Å²) in [6.45, 7) is 5.62. The summed E-state index contributed by atoms with van der Waals surface area (Å²) in [5.41, 5.74) is 0. The molecule has 0 spiro atoms. The maximum Gasteiger partial charge on any atom is 0.328 e. The topological polar surface area (TPSA) is 64.6 Å². The summed E-state index contributed by atoms with van der Waals surface area (Å²) in [5.74, 6) is 0.176. The summed E-state index contributed by atoms with van der Waals surface area (Å²) in [4.78, 5) is 22.3. The Labute approximate surface area is 102 Å². The number of rotatable bonds is 7. The van der Waals surface area contributed by atoms with Gasteiger partial charge in [-0.3, -0.25) is 4.79 Å². The number of carbonyl (C=O) groups is 2. The van der Waals surface area contributed by atoms with Gasteiger partial charge in [0.25, 0.3) is 0 Å². The summed E-state index contributed by atoms with van der Waals surface area (Å²) in [5, 5.41) is 2.57. The van der Waals surface area contributed by atoms with Crippen LogP contribution < -0.4 is 5.32 Å². The van der Waals surface area contributed by atoms with Crippen LogP contribution in [-0.2, 0) is 19.1 Å². The van der Waals surface area contributed by atoms with Gasteiger partial charge in [-0.1, -0.05) is 13.8 Å². The van der Waals surface area contributed by atoms with E-state index in [0.29, 0.717) is 32.0 Å². The Balaban J connectivity index is 1.99. The molecule has 1 aliphatic rings. The van der Waals surface area contributed by atoms with Gasteiger partial charge in [0, 0.05) is 13.0 Å². The first-order valence-electron chi connectivity index (χ1n) is 6.13. The lowest BCUT2D eigenvalue weighted by Crippen LogP contribution is -2.35. The molecule has 1 N–H and O–H groups in total. The number of hydrogen-bond donors (Lipinski definition) is 1. The van der Waals surface area contributed by atoms with Crippen LogP contribution in [0.1, 0.15) is 33.1 Å². The average Bonchev–Trinajstić information content (AvgIpc) is 2.69. The quantitative estimate of drug-likeness (QED) is 0.532. The third kappa shape index (κ3) is 5.68. The Hall–Kier alpha value is -1.10. The maximum atomic E-state index is 11.4. The van der Waals surface area contributed by atoms with Crippen molar-refractivity contribution in [2.75, 3.05) is 19.8 Å². The molecule has 1 saturated heterocycles. The predicted octanol–water partition coefficient (Wildman–Crippen LogP) is 0.871.